The number of benzene rings is 3. The predicted molar refractivity (Wildman–Crippen MR) is 145 cm³/mol. The van der Waals surface area contributed by atoms with Gasteiger partial charge in [-0.1, -0.05) is 72.3 Å². The van der Waals surface area contributed by atoms with Crippen LogP contribution in [0.25, 0.3) is 0 Å². The second kappa shape index (κ2) is 11.9. The fourth-order valence-electron chi connectivity index (χ4n) is 4.12. The van der Waals surface area contributed by atoms with Gasteiger partial charge in [0.05, 0.1) is 0 Å². The van der Waals surface area contributed by atoms with Crippen molar-refractivity contribution in [3.05, 3.63) is 101 Å². The van der Waals surface area contributed by atoms with Crippen molar-refractivity contribution in [2.45, 2.75) is 66.1 Å². The number of hydrogen-bond acceptors (Lipinski definition) is 3. The van der Waals surface area contributed by atoms with E-state index in [1.807, 2.05) is 114 Å². The van der Waals surface area contributed by atoms with Crippen LogP contribution in [-0.4, -0.2) is 34.9 Å². The number of amides is 2. The molecule has 36 heavy (non-hydrogen) atoms. The van der Waals surface area contributed by atoms with Crippen molar-refractivity contribution in [3.8, 4) is 5.75 Å². The Bertz CT molecular complexity index is 1180. The highest BCUT2D eigenvalue weighted by Crippen LogP contribution is 2.22. The Morgan fingerprint density at radius 1 is 0.889 bits per heavy atom. The number of nitrogens with one attached hydrogen (secondary N) is 1. The van der Waals surface area contributed by atoms with Crippen LogP contribution in [0.4, 0.5) is 0 Å². The van der Waals surface area contributed by atoms with E-state index in [0.717, 1.165) is 27.8 Å². The second-order valence-electron chi connectivity index (χ2n) is 10.4. The molecule has 0 spiro atoms. The van der Waals surface area contributed by atoms with E-state index in [1.165, 1.54) is 0 Å². The Morgan fingerprint density at radius 2 is 1.56 bits per heavy atom. The lowest BCUT2D eigenvalue weighted by atomic mass is 10.0. The van der Waals surface area contributed by atoms with Gasteiger partial charge in [0.2, 0.25) is 5.91 Å². The van der Waals surface area contributed by atoms with Crippen LogP contribution < -0.4 is 10.1 Å². The smallest absolute Gasteiger partial charge is 0.261 e. The molecule has 5 heteroatoms. The third-order valence-corrected chi connectivity index (χ3v) is 6.11. The summed E-state index contributed by atoms with van der Waals surface area (Å²) >= 11 is 0. The minimum Gasteiger partial charge on any atom is -0.483 e. The second-order valence-corrected chi connectivity index (χ2v) is 10.4. The quantitative estimate of drug-likeness (QED) is 0.432. The zero-order chi connectivity index (χ0) is 26.3. The zero-order valence-electron chi connectivity index (χ0n) is 22.3. The first-order valence-electron chi connectivity index (χ1n) is 12.4. The highest BCUT2D eigenvalue weighted by Gasteiger charge is 2.32. The van der Waals surface area contributed by atoms with Crippen molar-refractivity contribution >= 4 is 11.8 Å². The van der Waals surface area contributed by atoms with Crippen LogP contribution in [0, 0.1) is 20.8 Å². The average molecular weight is 487 g/mol. The SMILES string of the molecule is Cc1cccc(CN(C(=O)COc2cccc(C)c2C)C(Cc2ccccc2)C(=O)NC(C)(C)C)c1. The van der Waals surface area contributed by atoms with Crippen molar-refractivity contribution < 1.29 is 14.3 Å². The van der Waals surface area contributed by atoms with Crippen LogP contribution in [0.15, 0.2) is 72.8 Å². The predicted octanol–water partition coefficient (Wildman–Crippen LogP) is 5.55. The van der Waals surface area contributed by atoms with Gasteiger partial charge in [-0.15, -0.1) is 0 Å². The molecule has 3 rings (SSSR count). The summed E-state index contributed by atoms with van der Waals surface area (Å²) in [6.45, 7) is 12.0. The van der Waals surface area contributed by atoms with Crippen LogP contribution in [0.1, 0.15) is 48.6 Å². The van der Waals surface area contributed by atoms with Crippen LogP contribution >= 0.6 is 0 Å². The zero-order valence-corrected chi connectivity index (χ0v) is 22.3. The van der Waals surface area contributed by atoms with Gasteiger partial charge in [0, 0.05) is 18.5 Å². The van der Waals surface area contributed by atoms with Crippen LogP contribution in [-0.2, 0) is 22.6 Å². The van der Waals surface area contributed by atoms with Crippen molar-refractivity contribution in [1.82, 2.24) is 10.2 Å². The summed E-state index contributed by atoms with van der Waals surface area (Å²) in [5.74, 6) is 0.263. The lowest BCUT2D eigenvalue weighted by molar-refractivity contribution is -0.143. The summed E-state index contributed by atoms with van der Waals surface area (Å²) in [5.41, 5.74) is 4.73. The summed E-state index contributed by atoms with van der Waals surface area (Å²) < 4.78 is 5.98. The molecule has 0 aliphatic heterocycles. The Hall–Kier alpha value is -3.60. The fourth-order valence-corrected chi connectivity index (χ4v) is 4.12. The number of carbonyl (C=O) groups excluding carboxylic acids is 2. The van der Waals surface area contributed by atoms with Gasteiger partial charge in [-0.05, 0) is 69.9 Å². The van der Waals surface area contributed by atoms with Gasteiger partial charge >= 0.3 is 0 Å². The van der Waals surface area contributed by atoms with E-state index in [9.17, 15) is 9.59 Å². The Kier molecular flexibility index (Phi) is 8.92. The maximum absolute atomic E-state index is 13.7. The highest BCUT2D eigenvalue weighted by molar-refractivity contribution is 5.89. The number of ether oxygens (including phenoxy) is 1. The third-order valence-electron chi connectivity index (χ3n) is 6.11. The van der Waals surface area contributed by atoms with Crippen LogP contribution in [0.2, 0.25) is 0 Å². The lowest BCUT2D eigenvalue weighted by Crippen LogP contribution is -2.55. The molecule has 190 valence electrons. The topological polar surface area (TPSA) is 58.6 Å². The minimum absolute atomic E-state index is 0.149. The molecule has 0 aliphatic rings. The van der Waals surface area contributed by atoms with E-state index < -0.39 is 11.6 Å². The van der Waals surface area contributed by atoms with Gasteiger partial charge in [-0.2, -0.15) is 0 Å². The van der Waals surface area contributed by atoms with Crippen molar-refractivity contribution in [2.24, 2.45) is 0 Å². The largest absolute Gasteiger partial charge is 0.483 e. The number of carbonyl (C=O) groups is 2. The molecule has 0 fully saturated rings. The molecule has 0 radical (unpaired) electrons. The molecule has 0 saturated heterocycles. The Balaban J connectivity index is 1.95. The summed E-state index contributed by atoms with van der Waals surface area (Å²) in [6, 6.07) is 23.0. The van der Waals surface area contributed by atoms with E-state index >= 15 is 0 Å². The molecule has 1 atom stereocenters. The van der Waals surface area contributed by atoms with E-state index in [-0.39, 0.29) is 18.4 Å². The molecule has 5 nitrogen and oxygen atoms in total. The van der Waals surface area contributed by atoms with Gasteiger partial charge in [-0.25, -0.2) is 0 Å². The molecule has 0 saturated carbocycles. The summed E-state index contributed by atoms with van der Waals surface area (Å²) in [4.78, 5) is 29.0. The molecule has 1 unspecified atom stereocenters. The molecule has 3 aromatic rings. The maximum Gasteiger partial charge on any atom is 0.261 e. The maximum atomic E-state index is 13.7. The van der Waals surface area contributed by atoms with E-state index in [0.29, 0.717) is 18.7 Å². The molecule has 0 aromatic heterocycles. The Morgan fingerprint density at radius 3 is 2.22 bits per heavy atom. The number of nitrogens with zero attached hydrogens (tertiary/aromatic N) is 1. The first kappa shape index (κ1) is 27.0. The monoisotopic (exact) mass is 486 g/mol. The average Bonchev–Trinajstić information content (AvgIpc) is 2.81. The first-order chi connectivity index (χ1) is 17.0. The summed E-state index contributed by atoms with van der Waals surface area (Å²) in [7, 11) is 0. The molecular formula is C31H38N2O3. The Labute approximate surface area is 215 Å². The lowest BCUT2D eigenvalue weighted by Gasteiger charge is -2.34. The molecule has 1 N–H and O–H groups in total. The van der Waals surface area contributed by atoms with Crippen molar-refractivity contribution in [2.75, 3.05) is 6.61 Å². The fraction of sp³-hybridized carbons (Fsp3) is 0.355. The number of rotatable bonds is 9. The minimum atomic E-state index is -0.693. The van der Waals surface area contributed by atoms with E-state index in [1.54, 1.807) is 4.90 Å². The van der Waals surface area contributed by atoms with E-state index in [2.05, 4.69) is 5.32 Å². The first-order valence-corrected chi connectivity index (χ1v) is 12.4. The normalized spacial score (nSPS) is 12.1. The molecule has 3 aromatic carbocycles. The van der Waals surface area contributed by atoms with E-state index in [4.69, 9.17) is 4.74 Å². The molecule has 0 bridgehead atoms. The van der Waals surface area contributed by atoms with Gasteiger partial charge in [0.15, 0.2) is 6.61 Å². The van der Waals surface area contributed by atoms with Crippen molar-refractivity contribution in [1.29, 1.82) is 0 Å². The number of hydrogen-bond donors (Lipinski definition) is 1. The molecular weight excluding hydrogens is 448 g/mol. The molecule has 0 heterocycles. The van der Waals surface area contributed by atoms with Crippen LogP contribution in [0.3, 0.4) is 0 Å². The summed E-state index contributed by atoms with van der Waals surface area (Å²) in [6.07, 6.45) is 0.407. The van der Waals surface area contributed by atoms with Gasteiger partial charge in [-0.3, -0.25) is 9.59 Å². The van der Waals surface area contributed by atoms with Gasteiger partial charge in [0.1, 0.15) is 11.8 Å². The van der Waals surface area contributed by atoms with Gasteiger partial charge in [0.25, 0.3) is 5.91 Å². The van der Waals surface area contributed by atoms with Crippen LogP contribution in [0.5, 0.6) is 5.75 Å². The molecule has 2 amide bonds. The third kappa shape index (κ3) is 7.70. The molecule has 0 aliphatic carbocycles. The summed E-state index contributed by atoms with van der Waals surface area (Å²) in [5, 5.41) is 3.09. The van der Waals surface area contributed by atoms with Gasteiger partial charge < -0.3 is 15.0 Å². The number of aryl methyl sites for hydroxylation is 2. The van der Waals surface area contributed by atoms with Crippen molar-refractivity contribution in [3.63, 3.8) is 0 Å². The highest BCUT2D eigenvalue weighted by atomic mass is 16.5. The standard InChI is InChI=1S/C31H38N2O3/c1-22-12-10-16-26(18-22)20-33(29(34)21-36-28-17-11-13-23(2)24(28)3)27(30(35)32-31(4,5)6)19-25-14-8-7-9-15-25/h7-18,27H,19-21H2,1-6H3,(H,32,35).